The standard InChI is InChI=1S/C21H27N9O4/c1-3-33-17-10-14(4-5-16(17)31)11-23-25-21(32)18-15(12-29-8-6-13(2)7-9-29)30(28-24-18)20-19(22)26-34-27-20/h4-5,10-11,13,31H,3,6-9,12H2,1-2H3,(H2,22,26)(H,25,32)/p+1/b23-11+. The van der Waals surface area contributed by atoms with Gasteiger partial charge in [0.05, 0.1) is 25.9 Å². The van der Waals surface area contributed by atoms with Crippen LogP contribution in [0.4, 0.5) is 5.82 Å². The molecule has 0 radical (unpaired) electrons. The van der Waals surface area contributed by atoms with Gasteiger partial charge in [0, 0.05) is 0 Å². The highest BCUT2D eigenvalue weighted by Gasteiger charge is 2.28. The van der Waals surface area contributed by atoms with E-state index in [2.05, 4.69) is 38.1 Å². The number of likely N-dealkylation sites (tertiary alicyclic amines) is 1. The molecule has 13 heteroatoms. The van der Waals surface area contributed by atoms with Gasteiger partial charge in [0.2, 0.25) is 11.6 Å². The van der Waals surface area contributed by atoms with Gasteiger partial charge >= 0.3 is 0 Å². The van der Waals surface area contributed by atoms with E-state index in [1.54, 1.807) is 12.1 Å². The number of quaternary nitrogens is 1. The number of phenolic OH excluding ortho intramolecular Hbond substituents is 1. The van der Waals surface area contributed by atoms with Crippen LogP contribution in [0.5, 0.6) is 11.5 Å². The zero-order chi connectivity index (χ0) is 24.1. The van der Waals surface area contributed by atoms with Crippen molar-refractivity contribution in [3.63, 3.8) is 0 Å². The van der Waals surface area contributed by atoms with Gasteiger partial charge in [-0.3, -0.25) is 4.79 Å². The number of nitrogens with two attached hydrogens (primary N) is 1. The maximum Gasteiger partial charge on any atom is 0.294 e. The first-order valence-corrected chi connectivity index (χ1v) is 11.1. The summed E-state index contributed by atoms with van der Waals surface area (Å²) in [7, 11) is 0. The molecule has 1 aliphatic rings. The Kier molecular flexibility index (Phi) is 7.01. The number of nitrogens with zero attached hydrogens (tertiary/aromatic N) is 6. The number of nitrogen functional groups attached to an aromatic ring is 1. The highest BCUT2D eigenvalue weighted by Crippen LogP contribution is 2.26. The fourth-order valence-electron chi connectivity index (χ4n) is 3.83. The summed E-state index contributed by atoms with van der Waals surface area (Å²) in [5.74, 6) is 0.753. The van der Waals surface area contributed by atoms with Crippen LogP contribution >= 0.6 is 0 Å². The number of carbonyl (C=O) groups is 1. The lowest BCUT2D eigenvalue weighted by atomic mass is 9.99. The number of rotatable bonds is 8. The Morgan fingerprint density at radius 1 is 1.41 bits per heavy atom. The summed E-state index contributed by atoms with van der Waals surface area (Å²) in [6.45, 7) is 6.93. The second-order valence-electron chi connectivity index (χ2n) is 8.24. The number of hydrogen-bond acceptors (Lipinski definition) is 10. The molecule has 5 N–H and O–H groups in total. The van der Waals surface area contributed by atoms with Crippen LogP contribution in [0.2, 0.25) is 0 Å². The van der Waals surface area contributed by atoms with E-state index in [9.17, 15) is 9.90 Å². The van der Waals surface area contributed by atoms with E-state index < -0.39 is 5.91 Å². The van der Waals surface area contributed by atoms with Crippen molar-refractivity contribution in [2.75, 3.05) is 25.4 Å². The summed E-state index contributed by atoms with van der Waals surface area (Å²) in [5.41, 5.74) is 9.63. The van der Waals surface area contributed by atoms with E-state index in [-0.39, 0.29) is 23.1 Å². The third-order valence-corrected chi connectivity index (χ3v) is 5.74. The zero-order valence-electron chi connectivity index (χ0n) is 19.1. The summed E-state index contributed by atoms with van der Waals surface area (Å²) >= 11 is 0. The van der Waals surface area contributed by atoms with Gasteiger partial charge in [0.25, 0.3) is 5.91 Å². The SMILES string of the molecule is CCOc1cc(/C=N/NC(=O)c2nnn(-c3nonc3N)c2C[NH+]2CCC(C)CC2)ccc1O. The summed E-state index contributed by atoms with van der Waals surface area (Å²) in [5, 5.41) is 29.4. The predicted octanol–water partition coefficient (Wildman–Crippen LogP) is -0.0845. The number of phenols is 1. The molecule has 34 heavy (non-hydrogen) atoms. The maximum absolute atomic E-state index is 12.9. The summed E-state index contributed by atoms with van der Waals surface area (Å²) < 4.78 is 11.5. The molecule has 0 saturated carbocycles. The fourth-order valence-corrected chi connectivity index (χ4v) is 3.83. The quantitative estimate of drug-likeness (QED) is 0.259. The molecule has 180 valence electrons. The number of aromatic hydroxyl groups is 1. The lowest BCUT2D eigenvalue weighted by molar-refractivity contribution is -0.920. The Morgan fingerprint density at radius 3 is 2.91 bits per heavy atom. The van der Waals surface area contributed by atoms with Crippen LogP contribution in [0.1, 0.15) is 48.4 Å². The largest absolute Gasteiger partial charge is 0.504 e. The van der Waals surface area contributed by atoms with E-state index in [0.29, 0.717) is 36.1 Å². The Labute approximate surface area is 195 Å². The topological polar surface area (TPSA) is 171 Å². The Bertz CT molecular complexity index is 1160. The van der Waals surface area contributed by atoms with E-state index in [0.717, 1.165) is 25.9 Å². The molecule has 1 saturated heterocycles. The fraction of sp³-hybridized carbons (Fsp3) is 0.429. The summed E-state index contributed by atoms with van der Waals surface area (Å²) in [4.78, 5) is 14.2. The average molecular weight is 471 g/mol. The second kappa shape index (κ2) is 10.3. The van der Waals surface area contributed by atoms with Crippen molar-refractivity contribution >= 4 is 17.9 Å². The number of hydrazone groups is 1. The van der Waals surface area contributed by atoms with Crippen molar-refractivity contribution in [2.45, 2.75) is 33.2 Å². The normalized spacial score (nSPS) is 18.3. The molecular weight excluding hydrogens is 442 g/mol. The summed E-state index contributed by atoms with van der Waals surface area (Å²) in [6.07, 6.45) is 3.65. The van der Waals surface area contributed by atoms with Crippen LogP contribution < -0.4 is 20.8 Å². The minimum absolute atomic E-state index is 0.0283. The molecule has 0 aliphatic carbocycles. The van der Waals surface area contributed by atoms with Crippen LogP contribution in [-0.2, 0) is 6.54 Å². The van der Waals surface area contributed by atoms with Gasteiger partial charge in [-0.25, -0.2) is 10.1 Å². The van der Waals surface area contributed by atoms with Crippen molar-refractivity contribution in [2.24, 2.45) is 11.0 Å². The van der Waals surface area contributed by atoms with Crippen molar-refractivity contribution in [3.8, 4) is 17.3 Å². The molecule has 2 aromatic heterocycles. The molecule has 0 spiro atoms. The number of nitrogens with one attached hydrogen (secondary N) is 2. The molecule has 3 aromatic rings. The van der Waals surface area contributed by atoms with Gasteiger partial charge in [0.1, 0.15) is 12.2 Å². The zero-order valence-corrected chi connectivity index (χ0v) is 19.1. The van der Waals surface area contributed by atoms with Crippen LogP contribution in [0.3, 0.4) is 0 Å². The molecule has 1 aliphatic heterocycles. The number of anilines is 1. The van der Waals surface area contributed by atoms with Gasteiger partial charge in [-0.2, -0.15) is 9.78 Å². The number of aromatic nitrogens is 5. The van der Waals surface area contributed by atoms with Gasteiger partial charge in [0.15, 0.2) is 17.2 Å². The van der Waals surface area contributed by atoms with Crippen LogP contribution in [-0.4, -0.2) is 62.2 Å². The number of benzene rings is 1. The lowest BCUT2D eigenvalue weighted by Crippen LogP contribution is -3.11. The molecule has 1 fully saturated rings. The monoisotopic (exact) mass is 470 g/mol. The van der Waals surface area contributed by atoms with E-state index in [1.165, 1.54) is 21.9 Å². The van der Waals surface area contributed by atoms with E-state index in [1.807, 2.05) is 6.92 Å². The minimum Gasteiger partial charge on any atom is -0.504 e. The third-order valence-electron chi connectivity index (χ3n) is 5.74. The molecule has 13 nitrogen and oxygen atoms in total. The Morgan fingerprint density at radius 2 is 2.21 bits per heavy atom. The second-order valence-corrected chi connectivity index (χ2v) is 8.24. The molecule has 1 aromatic carbocycles. The van der Waals surface area contributed by atoms with Crippen molar-refractivity contribution in [1.29, 1.82) is 0 Å². The van der Waals surface area contributed by atoms with Crippen molar-refractivity contribution in [1.82, 2.24) is 30.7 Å². The van der Waals surface area contributed by atoms with Crippen LogP contribution in [0, 0.1) is 5.92 Å². The predicted molar refractivity (Wildman–Crippen MR) is 121 cm³/mol. The number of hydrogen-bond donors (Lipinski definition) is 4. The van der Waals surface area contributed by atoms with Crippen LogP contribution in [0.15, 0.2) is 27.9 Å². The van der Waals surface area contributed by atoms with Gasteiger partial charge in [-0.15, -0.1) is 5.10 Å². The third kappa shape index (κ3) is 5.14. The minimum atomic E-state index is -0.527. The first kappa shape index (κ1) is 23.2. The van der Waals surface area contributed by atoms with Gasteiger partial charge in [-0.05, 0) is 59.8 Å². The first-order valence-electron chi connectivity index (χ1n) is 11.1. The first-order chi connectivity index (χ1) is 16.5. The average Bonchev–Trinajstić information content (AvgIpc) is 3.43. The molecule has 4 rings (SSSR count). The molecule has 1 amide bonds. The highest BCUT2D eigenvalue weighted by molar-refractivity contribution is 5.94. The highest BCUT2D eigenvalue weighted by atomic mass is 16.6. The Balaban J connectivity index is 1.54. The molecule has 0 bridgehead atoms. The van der Waals surface area contributed by atoms with E-state index >= 15 is 0 Å². The number of amides is 1. The lowest BCUT2D eigenvalue weighted by Gasteiger charge is -2.27. The molecule has 0 atom stereocenters. The molecule has 3 heterocycles. The van der Waals surface area contributed by atoms with Crippen LogP contribution in [0.25, 0.3) is 5.82 Å². The number of piperidine rings is 1. The van der Waals surface area contributed by atoms with Gasteiger partial charge < -0.3 is 20.5 Å². The maximum atomic E-state index is 12.9. The number of ether oxygens (including phenoxy) is 1. The Hall–Kier alpha value is -4.00. The number of carbonyl (C=O) groups excluding carboxylic acids is 1. The summed E-state index contributed by atoms with van der Waals surface area (Å²) in [6, 6.07) is 4.77. The van der Waals surface area contributed by atoms with E-state index in [4.69, 9.17) is 15.1 Å². The molecular formula is C21H28N9O4+. The smallest absolute Gasteiger partial charge is 0.294 e. The van der Waals surface area contributed by atoms with Crippen molar-refractivity contribution < 1.29 is 24.2 Å². The molecule has 0 unspecified atom stereocenters. The van der Waals surface area contributed by atoms with Crippen molar-refractivity contribution in [3.05, 3.63) is 35.2 Å². The van der Waals surface area contributed by atoms with Gasteiger partial charge in [-0.1, -0.05) is 12.1 Å².